The highest BCUT2D eigenvalue weighted by Gasteiger charge is 2.42. The fraction of sp³-hybridized carbons (Fsp3) is 0.667. The zero-order chi connectivity index (χ0) is 9.47. The molecule has 0 amide bonds. The maximum absolute atomic E-state index is 9.10. The third-order valence-electron chi connectivity index (χ3n) is 2.98. The number of nitriles is 1. The summed E-state index contributed by atoms with van der Waals surface area (Å²) in [6, 6.07) is 2.37. The molecule has 0 aromatic carbocycles. The first-order chi connectivity index (χ1) is 6.19. The molecular weight excluding hydrogens is 164 g/mol. The van der Waals surface area contributed by atoms with Crippen molar-refractivity contribution in [1.82, 2.24) is 15.0 Å². The Hall–Kier alpha value is -1.37. The highest BCUT2D eigenvalue weighted by Crippen LogP contribution is 2.43. The molecule has 0 aliphatic heterocycles. The van der Waals surface area contributed by atoms with Gasteiger partial charge in [0.2, 0.25) is 0 Å². The predicted octanol–water partition coefficient (Wildman–Crippen LogP) is 1.07. The summed E-state index contributed by atoms with van der Waals surface area (Å²) in [7, 11) is 1.86. The quantitative estimate of drug-likeness (QED) is 0.643. The molecule has 1 aliphatic carbocycles. The fourth-order valence-electron chi connectivity index (χ4n) is 1.78. The lowest BCUT2D eigenvalue weighted by molar-refractivity contribution is 0.314. The van der Waals surface area contributed by atoms with E-state index in [0.717, 1.165) is 30.7 Å². The third kappa shape index (κ3) is 0.966. The van der Waals surface area contributed by atoms with Gasteiger partial charge < -0.3 is 0 Å². The molecule has 0 atom stereocenters. The van der Waals surface area contributed by atoms with Crippen LogP contribution in [0.5, 0.6) is 0 Å². The molecule has 1 aliphatic rings. The van der Waals surface area contributed by atoms with Crippen LogP contribution in [0.4, 0.5) is 0 Å². The van der Waals surface area contributed by atoms with Crippen molar-refractivity contribution in [1.29, 1.82) is 5.26 Å². The van der Waals surface area contributed by atoms with Crippen LogP contribution in [0.15, 0.2) is 0 Å². The van der Waals surface area contributed by atoms with Crippen molar-refractivity contribution in [2.75, 3.05) is 0 Å². The van der Waals surface area contributed by atoms with Gasteiger partial charge in [-0.15, -0.1) is 5.10 Å². The summed E-state index contributed by atoms with van der Waals surface area (Å²) in [6.07, 6.45) is 3.00. The van der Waals surface area contributed by atoms with Crippen molar-refractivity contribution in [3.8, 4) is 6.07 Å². The molecule has 0 spiro atoms. The van der Waals surface area contributed by atoms with Crippen molar-refractivity contribution in [3.63, 3.8) is 0 Å². The zero-order valence-electron chi connectivity index (χ0n) is 7.91. The van der Waals surface area contributed by atoms with Gasteiger partial charge in [-0.3, -0.25) is 4.68 Å². The summed E-state index contributed by atoms with van der Waals surface area (Å²) in [6.45, 7) is 1.97. The van der Waals surface area contributed by atoms with E-state index in [1.54, 1.807) is 4.68 Å². The lowest BCUT2D eigenvalue weighted by Crippen LogP contribution is -2.33. The first-order valence-corrected chi connectivity index (χ1v) is 4.48. The average Bonchev–Trinajstić information content (AvgIpc) is 2.35. The van der Waals surface area contributed by atoms with Gasteiger partial charge in [-0.1, -0.05) is 5.21 Å². The van der Waals surface area contributed by atoms with Gasteiger partial charge in [0.25, 0.3) is 0 Å². The minimum atomic E-state index is -0.321. The van der Waals surface area contributed by atoms with Crippen LogP contribution in [0.2, 0.25) is 0 Å². The molecule has 0 saturated heterocycles. The van der Waals surface area contributed by atoms with Crippen molar-refractivity contribution >= 4 is 0 Å². The highest BCUT2D eigenvalue weighted by atomic mass is 15.4. The van der Waals surface area contributed by atoms with Crippen LogP contribution < -0.4 is 0 Å². The average molecular weight is 176 g/mol. The Balaban J connectivity index is 2.46. The minimum absolute atomic E-state index is 0.321. The molecule has 68 valence electrons. The first-order valence-electron chi connectivity index (χ1n) is 4.48. The van der Waals surface area contributed by atoms with Crippen LogP contribution in [0, 0.1) is 18.3 Å². The molecule has 0 radical (unpaired) electrons. The number of aromatic nitrogens is 3. The van der Waals surface area contributed by atoms with Crippen LogP contribution in [-0.4, -0.2) is 15.0 Å². The molecular formula is C9H12N4. The van der Waals surface area contributed by atoms with Gasteiger partial charge in [0.1, 0.15) is 11.1 Å². The molecule has 13 heavy (non-hydrogen) atoms. The Morgan fingerprint density at radius 1 is 1.54 bits per heavy atom. The molecule has 1 saturated carbocycles. The molecule has 0 N–H and O–H groups in total. The Labute approximate surface area is 77.2 Å². The second kappa shape index (κ2) is 2.56. The summed E-state index contributed by atoms with van der Waals surface area (Å²) in [5.41, 5.74) is 1.57. The van der Waals surface area contributed by atoms with Gasteiger partial charge in [0.15, 0.2) is 0 Å². The lowest BCUT2D eigenvalue weighted by atomic mass is 9.67. The maximum atomic E-state index is 9.10. The number of nitrogens with zero attached hydrogens (tertiary/aromatic N) is 4. The van der Waals surface area contributed by atoms with Gasteiger partial charge in [0, 0.05) is 7.05 Å². The first kappa shape index (κ1) is 8.24. The predicted molar refractivity (Wildman–Crippen MR) is 46.9 cm³/mol. The Bertz CT molecular complexity index is 367. The van der Waals surface area contributed by atoms with Crippen LogP contribution in [0.3, 0.4) is 0 Å². The summed E-state index contributed by atoms with van der Waals surface area (Å²) in [4.78, 5) is 0. The fourth-order valence-corrected chi connectivity index (χ4v) is 1.78. The van der Waals surface area contributed by atoms with Gasteiger partial charge in [-0.25, -0.2) is 0 Å². The van der Waals surface area contributed by atoms with Crippen molar-refractivity contribution in [2.24, 2.45) is 7.05 Å². The standard InChI is InChI=1S/C9H12N4/c1-7-8(11-12-13(7)2)9(6-10)4-3-5-9/h3-5H2,1-2H3. The van der Waals surface area contributed by atoms with Gasteiger partial charge >= 0.3 is 0 Å². The Morgan fingerprint density at radius 2 is 2.23 bits per heavy atom. The van der Waals surface area contributed by atoms with Crippen LogP contribution >= 0.6 is 0 Å². The topological polar surface area (TPSA) is 54.5 Å². The smallest absolute Gasteiger partial charge is 0.106 e. The molecule has 1 aromatic rings. The van der Waals surface area contributed by atoms with E-state index in [-0.39, 0.29) is 5.41 Å². The SMILES string of the molecule is Cc1c(C2(C#N)CCC2)nnn1C. The van der Waals surface area contributed by atoms with E-state index in [2.05, 4.69) is 16.4 Å². The number of aryl methyl sites for hydroxylation is 1. The number of rotatable bonds is 1. The van der Waals surface area contributed by atoms with Crippen LogP contribution in [0.25, 0.3) is 0 Å². The summed E-state index contributed by atoms with van der Waals surface area (Å²) >= 11 is 0. The molecule has 1 aromatic heterocycles. The molecule has 1 fully saturated rings. The second-order valence-electron chi connectivity index (χ2n) is 3.69. The van der Waals surface area contributed by atoms with Gasteiger partial charge in [-0.2, -0.15) is 5.26 Å². The van der Waals surface area contributed by atoms with Crippen molar-refractivity contribution < 1.29 is 0 Å². The van der Waals surface area contributed by atoms with E-state index >= 15 is 0 Å². The van der Waals surface area contributed by atoms with E-state index < -0.39 is 0 Å². The molecule has 1 heterocycles. The second-order valence-corrected chi connectivity index (χ2v) is 3.69. The Kier molecular flexibility index (Phi) is 1.62. The summed E-state index contributed by atoms with van der Waals surface area (Å²) in [5.74, 6) is 0. The van der Waals surface area contributed by atoms with E-state index in [9.17, 15) is 0 Å². The molecule has 4 nitrogen and oxygen atoms in total. The minimum Gasteiger partial charge on any atom is -0.252 e. The lowest BCUT2D eigenvalue weighted by Gasteiger charge is -2.33. The molecule has 0 bridgehead atoms. The number of hydrogen-bond acceptors (Lipinski definition) is 3. The molecule has 0 unspecified atom stereocenters. The van der Waals surface area contributed by atoms with Crippen molar-refractivity contribution in [3.05, 3.63) is 11.4 Å². The number of hydrogen-bond donors (Lipinski definition) is 0. The molecule has 4 heteroatoms. The zero-order valence-corrected chi connectivity index (χ0v) is 7.91. The highest BCUT2D eigenvalue weighted by molar-refractivity contribution is 5.31. The maximum Gasteiger partial charge on any atom is 0.106 e. The van der Waals surface area contributed by atoms with E-state index in [1.165, 1.54) is 0 Å². The largest absolute Gasteiger partial charge is 0.252 e. The summed E-state index contributed by atoms with van der Waals surface area (Å²) in [5, 5.41) is 17.1. The van der Waals surface area contributed by atoms with E-state index in [4.69, 9.17) is 5.26 Å². The van der Waals surface area contributed by atoms with E-state index in [1.807, 2.05) is 14.0 Å². The van der Waals surface area contributed by atoms with Gasteiger partial charge in [0.05, 0.1) is 11.8 Å². The Morgan fingerprint density at radius 3 is 2.54 bits per heavy atom. The third-order valence-corrected chi connectivity index (χ3v) is 2.98. The summed E-state index contributed by atoms with van der Waals surface area (Å²) < 4.78 is 1.73. The van der Waals surface area contributed by atoms with Crippen LogP contribution in [0.1, 0.15) is 30.7 Å². The molecule has 2 rings (SSSR count). The normalized spacial score (nSPS) is 19.2. The van der Waals surface area contributed by atoms with Crippen LogP contribution in [-0.2, 0) is 12.5 Å². The van der Waals surface area contributed by atoms with Crippen molar-refractivity contribution in [2.45, 2.75) is 31.6 Å². The monoisotopic (exact) mass is 176 g/mol. The van der Waals surface area contributed by atoms with Gasteiger partial charge in [-0.05, 0) is 26.2 Å². The van der Waals surface area contributed by atoms with E-state index in [0.29, 0.717) is 0 Å².